The van der Waals surface area contributed by atoms with Gasteiger partial charge in [0.1, 0.15) is 5.15 Å². The molecule has 0 aliphatic heterocycles. The van der Waals surface area contributed by atoms with Gasteiger partial charge in [0.2, 0.25) is 0 Å². The quantitative estimate of drug-likeness (QED) is 0.741. The van der Waals surface area contributed by atoms with Gasteiger partial charge in [0.25, 0.3) is 0 Å². The number of rotatable bonds is 1. The van der Waals surface area contributed by atoms with Crippen LogP contribution in [0.3, 0.4) is 0 Å². The van der Waals surface area contributed by atoms with E-state index in [9.17, 15) is 0 Å². The van der Waals surface area contributed by atoms with Gasteiger partial charge in [-0.1, -0.05) is 24.4 Å². The molecule has 0 atom stereocenters. The van der Waals surface area contributed by atoms with E-state index in [-0.39, 0.29) is 0 Å². The molecule has 2 heterocycles. The SMILES string of the molecule is Cc1nc2c(Br)cnn2c(Cl)c1C1CCCC1. The fourth-order valence-electron chi connectivity index (χ4n) is 2.73. The van der Waals surface area contributed by atoms with Crippen LogP contribution in [-0.2, 0) is 0 Å². The van der Waals surface area contributed by atoms with Gasteiger partial charge >= 0.3 is 0 Å². The van der Waals surface area contributed by atoms with Gasteiger partial charge in [0, 0.05) is 11.3 Å². The largest absolute Gasteiger partial charge is 0.232 e. The molecule has 1 fully saturated rings. The lowest BCUT2D eigenvalue weighted by molar-refractivity contribution is 0.700. The first-order valence-corrected chi connectivity index (χ1v) is 7.05. The maximum absolute atomic E-state index is 6.48. The molecule has 3 rings (SSSR count). The maximum Gasteiger partial charge on any atom is 0.171 e. The van der Waals surface area contributed by atoms with E-state index >= 15 is 0 Å². The predicted molar refractivity (Wildman–Crippen MR) is 71.6 cm³/mol. The van der Waals surface area contributed by atoms with Crippen molar-refractivity contribution in [2.75, 3.05) is 0 Å². The van der Waals surface area contributed by atoms with Crippen LogP contribution >= 0.6 is 27.5 Å². The minimum Gasteiger partial charge on any atom is -0.232 e. The van der Waals surface area contributed by atoms with Crippen LogP contribution in [0.5, 0.6) is 0 Å². The molecule has 0 aromatic carbocycles. The average Bonchev–Trinajstić information content (AvgIpc) is 2.90. The second-order valence-corrected chi connectivity index (χ2v) is 5.82. The number of fused-ring (bicyclic) bond motifs is 1. The lowest BCUT2D eigenvalue weighted by Crippen LogP contribution is -2.05. The Morgan fingerprint density at radius 3 is 2.82 bits per heavy atom. The van der Waals surface area contributed by atoms with Gasteiger partial charge in [0.05, 0.1) is 10.7 Å². The van der Waals surface area contributed by atoms with E-state index in [1.807, 2.05) is 6.92 Å². The molecule has 0 N–H and O–H groups in total. The van der Waals surface area contributed by atoms with E-state index in [2.05, 4.69) is 26.0 Å². The molecule has 1 aliphatic rings. The third-order valence-electron chi connectivity index (χ3n) is 3.54. The summed E-state index contributed by atoms with van der Waals surface area (Å²) in [6, 6.07) is 0. The van der Waals surface area contributed by atoms with Crippen LogP contribution in [0.15, 0.2) is 10.7 Å². The van der Waals surface area contributed by atoms with Crippen molar-refractivity contribution in [3.8, 4) is 0 Å². The second-order valence-electron chi connectivity index (χ2n) is 4.61. The second kappa shape index (κ2) is 4.25. The van der Waals surface area contributed by atoms with Gasteiger partial charge in [-0.2, -0.15) is 5.10 Å². The number of hydrogen-bond acceptors (Lipinski definition) is 2. The fourth-order valence-corrected chi connectivity index (χ4v) is 3.49. The Morgan fingerprint density at radius 2 is 2.12 bits per heavy atom. The molecule has 0 amide bonds. The Kier molecular flexibility index (Phi) is 2.87. The Hall–Kier alpha value is -0.610. The molecule has 1 saturated carbocycles. The summed E-state index contributed by atoms with van der Waals surface area (Å²) < 4.78 is 2.62. The summed E-state index contributed by atoms with van der Waals surface area (Å²) >= 11 is 9.92. The molecule has 0 spiro atoms. The van der Waals surface area contributed by atoms with Crippen LogP contribution in [0.1, 0.15) is 42.9 Å². The van der Waals surface area contributed by atoms with Gasteiger partial charge in [-0.25, -0.2) is 9.50 Å². The normalized spacial score (nSPS) is 17.1. The molecule has 1 aliphatic carbocycles. The molecule has 17 heavy (non-hydrogen) atoms. The molecular formula is C12H13BrClN3. The van der Waals surface area contributed by atoms with Crippen LogP contribution in [0.2, 0.25) is 5.15 Å². The van der Waals surface area contributed by atoms with Crippen LogP contribution < -0.4 is 0 Å². The number of halogens is 2. The third kappa shape index (κ3) is 1.78. The van der Waals surface area contributed by atoms with Crippen LogP contribution in [0, 0.1) is 6.92 Å². The van der Waals surface area contributed by atoms with E-state index < -0.39 is 0 Å². The molecule has 0 saturated heterocycles. The molecule has 2 aromatic heterocycles. The maximum atomic E-state index is 6.48. The van der Waals surface area contributed by atoms with Gasteiger partial charge in [-0.15, -0.1) is 0 Å². The van der Waals surface area contributed by atoms with Crippen molar-refractivity contribution < 1.29 is 0 Å². The third-order valence-corrected chi connectivity index (χ3v) is 4.46. The minimum atomic E-state index is 0.558. The molecule has 0 radical (unpaired) electrons. The van der Waals surface area contributed by atoms with Gasteiger partial charge in [-0.05, 0) is 41.6 Å². The first-order chi connectivity index (χ1) is 8.18. The zero-order valence-electron chi connectivity index (χ0n) is 9.58. The van der Waals surface area contributed by atoms with Crippen molar-refractivity contribution >= 4 is 33.2 Å². The Bertz CT molecular complexity index is 573. The summed E-state index contributed by atoms with van der Waals surface area (Å²) in [6.07, 6.45) is 6.76. The van der Waals surface area contributed by atoms with Crippen molar-refractivity contribution in [1.82, 2.24) is 14.6 Å². The zero-order chi connectivity index (χ0) is 12.0. The summed E-state index contributed by atoms with van der Waals surface area (Å²) in [6.45, 7) is 2.04. The van der Waals surface area contributed by atoms with E-state index in [4.69, 9.17) is 11.6 Å². The number of aryl methyl sites for hydroxylation is 1. The van der Waals surface area contributed by atoms with Gasteiger partial charge in [0.15, 0.2) is 5.65 Å². The molecule has 3 nitrogen and oxygen atoms in total. The van der Waals surface area contributed by atoms with E-state index in [0.717, 1.165) is 21.0 Å². The standard InChI is InChI=1S/C12H13BrClN3/c1-7-10(8-4-2-3-5-8)11(14)17-12(16-7)9(13)6-15-17/h6,8H,2-5H2,1H3. The highest BCUT2D eigenvalue weighted by atomic mass is 79.9. The van der Waals surface area contributed by atoms with Crippen molar-refractivity contribution in [1.29, 1.82) is 0 Å². The summed E-state index contributed by atoms with van der Waals surface area (Å²) in [7, 11) is 0. The summed E-state index contributed by atoms with van der Waals surface area (Å²) in [5.74, 6) is 0.558. The summed E-state index contributed by atoms with van der Waals surface area (Å²) in [4.78, 5) is 4.61. The van der Waals surface area contributed by atoms with E-state index in [0.29, 0.717) is 5.92 Å². The predicted octanol–water partition coefficient (Wildman–Crippen LogP) is 4.11. The minimum absolute atomic E-state index is 0.558. The fraction of sp³-hybridized carbons (Fsp3) is 0.500. The first kappa shape index (κ1) is 11.5. The Labute approximate surface area is 113 Å². The smallest absolute Gasteiger partial charge is 0.171 e. The average molecular weight is 315 g/mol. The number of nitrogens with zero attached hydrogens (tertiary/aromatic N) is 3. The van der Waals surface area contributed by atoms with E-state index in [1.165, 1.54) is 31.2 Å². The topological polar surface area (TPSA) is 30.2 Å². The van der Waals surface area contributed by atoms with Crippen molar-refractivity contribution in [2.45, 2.75) is 38.5 Å². The lowest BCUT2D eigenvalue weighted by atomic mass is 9.98. The molecule has 0 bridgehead atoms. The summed E-state index contributed by atoms with van der Waals surface area (Å²) in [5, 5.41) is 4.99. The highest BCUT2D eigenvalue weighted by Gasteiger charge is 2.24. The Balaban J connectivity index is 2.23. The molecule has 90 valence electrons. The van der Waals surface area contributed by atoms with Crippen LogP contribution in [0.25, 0.3) is 5.65 Å². The Morgan fingerprint density at radius 1 is 1.41 bits per heavy atom. The van der Waals surface area contributed by atoms with Crippen molar-refractivity contribution in [3.63, 3.8) is 0 Å². The molecule has 2 aromatic rings. The number of aromatic nitrogens is 3. The zero-order valence-corrected chi connectivity index (χ0v) is 11.9. The lowest BCUT2D eigenvalue weighted by Gasteiger charge is -2.15. The highest BCUT2D eigenvalue weighted by molar-refractivity contribution is 9.10. The van der Waals surface area contributed by atoms with Crippen LogP contribution in [0.4, 0.5) is 0 Å². The summed E-state index contributed by atoms with van der Waals surface area (Å²) in [5.41, 5.74) is 3.03. The van der Waals surface area contributed by atoms with Gasteiger partial charge in [-0.3, -0.25) is 0 Å². The number of hydrogen-bond donors (Lipinski definition) is 0. The van der Waals surface area contributed by atoms with E-state index in [1.54, 1.807) is 10.7 Å². The molecular weight excluding hydrogens is 302 g/mol. The highest BCUT2D eigenvalue weighted by Crippen LogP contribution is 2.39. The van der Waals surface area contributed by atoms with Gasteiger partial charge < -0.3 is 0 Å². The first-order valence-electron chi connectivity index (χ1n) is 5.87. The molecule has 5 heteroatoms. The molecule has 0 unspecified atom stereocenters. The van der Waals surface area contributed by atoms with Crippen molar-refractivity contribution in [3.05, 3.63) is 27.1 Å². The van der Waals surface area contributed by atoms with Crippen LogP contribution in [-0.4, -0.2) is 14.6 Å². The van der Waals surface area contributed by atoms with Crippen molar-refractivity contribution in [2.24, 2.45) is 0 Å². The monoisotopic (exact) mass is 313 g/mol.